The van der Waals surface area contributed by atoms with E-state index in [4.69, 9.17) is 0 Å². The zero-order valence-electron chi connectivity index (χ0n) is 7.70. The number of pyridine rings is 1. The first-order valence-corrected chi connectivity index (χ1v) is 4.30. The molecule has 2 aromatic rings. The van der Waals surface area contributed by atoms with Crippen LogP contribution in [0.1, 0.15) is 15.9 Å². The molecule has 0 aliphatic carbocycles. The molecule has 1 heterocycles. The summed E-state index contributed by atoms with van der Waals surface area (Å²) in [5.41, 5.74) is 1.90. The zero-order valence-corrected chi connectivity index (χ0v) is 7.70. The third-order valence-corrected chi connectivity index (χ3v) is 2.25. The fraction of sp³-hybridized carbons (Fsp3) is 0.0909. The van der Waals surface area contributed by atoms with Crippen LogP contribution in [0.15, 0.2) is 29.1 Å². The van der Waals surface area contributed by atoms with Gasteiger partial charge in [0.25, 0.3) is 0 Å². The van der Waals surface area contributed by atoms with Crippen LogP contribution in [0, 0.1) is 6.92 Å². The Labute approximate surface area is 80.4 Å². The van der Waals surface area contributed by atoms with Crippen LogP contribution in [0.3, 0.4) is 0 Å². The molecule has 0 radical (unpaired) electrons. The lowest BCUT2D eigenvalue weighted by atomic mass is 10.1. The number of carbonyl (C=O) groups is 1. The number of hydrogen-bond donors (Lipinski definition) is 1. The van der Waals surface area contributed by atoms with E-state index in [1.165, 1.54) is 6.07 Å². The third kappa shape index (κ3) is 1.23. The van der Waals surface area contributed by atoms with Crippen LogP contribution >= 0.6 is 0 Å². The first kappa shape index (κ1) is 8.69. The topological polar surface area (TPSA) is 49.9 Å². The molecule has 1 N–H and O–H groups in total. The normalized spacial score (nSPS) is 10.4. The Kier molecular flexibility index (Phi) is 1.93. The smallest absolute Gasteiger partial charge is 0.249 e. The molecule has 70 valence electrons. The number of carbonyl (C=O) groups excluding carboxylic acids is 1. The number of rotatable bonds is 1. The lowest BCUT2D eigenvalue weighted by molar-refractivity contribution is 0.112. The van der Waals surface area contributed by atoms with Gasteiger partial charge >= 0.3 is 0 Å². The van der Waals surface area contributed by atoms with Gasteiger partial charge in [-0.2, -0.15) is 0 Å². The van der Waals surface area contributed by atoms with Crippen molar-refractivity contribution in [2.75, 3.05) is 0 Å². The van der Waals surface area contributed by atoms with Gasteiger partial charge in [-0.3, -0.25) is 9.59 Å². The van der Waals surface area contributed by atoms with Gasteiger partial charge in [0.2, 0.25) is 5.56 Å². The van der Waals surface area contributed by atoms with Gasteiger partial charge in [0, 0.05) is 17.0 Å². The summed E-state index contributed by atoms with van der Waals surface area (Å²) in [4.78, 5) is 24.7. The first-order chi connectivity index (χ1) is 6.72. The van der Waals surface area contributed by atoms with Crippen LogP contribution in [0.4, 0.5) is 0 Å². The molecular weight excluding hydrogens is 178 g/mol. The average molecular weight is 187 g/mol. The number of aldehydes is 1. The zero-order chi connectivity index (χ0) is 10.1. The van der Waals surface area contributed by atoms with Crippen LogP contribution in [-0.4, -0.2) is 11.3 Å². The molecular formula is C11H9NO2. The van der Waals surface area contributed by atoms with E-state index < -0.39 is 0 Å². The van der Waals surface area contributed by atoms with E-state index in [2.05, 4.69) is 4.98 Å². The average Bonchev–Trinajstić information content (AvgIpc) is 2.18. The van der Waals surface area contributed by atoms with Crippen molar-refractivity contribution in [1.82, 2.24) is 4.98 Å². The molecule has 0 aliphatic heterocycles. The molecule has 0 saturated carbocycles. The fourth-order valence-corrected chi connectivity index (χ4v) is 1.55. The highest BCUT2D eigenvalue weighted by molar-refractivity contribution is 5.97. The molecule has 14 heavy (non-hydrogen) atoms. The van der Waals surface area contributed by atoms with Crippen molar-refractivity contribution >= 4 is 17.2 Å². The highest BCUT2D eigenvalue weighted by Crippen LogP contribution is 2.16. The standard InChI is InChI=1S/C11H9NO2/c1-7-3-2-4-9-8(6-13)5-10(14)12-11(7)9/h2-6H,1H3,(H,12,14). The summed E-state index contributed by atoms with van der Waals surface area (Å²) in [6.45, 7) is 1.90. The number of aryl methyl sites for hydroxylation is 1. The molecule has 0 spiro atoms. The fourth-order valence-electron chi connectivity index (χ4n) is 1.55. The van der Waals surface area contributed by atoms with Crippen LogP contribution in [-0.2, 0) is 0 Å². The summed E-state index contributed by atoms with van der Waals surface area (Å²) < 4.78 is 0. The Morgan fingerprint density at radius 3 is 2.86 bits per heavy atom. The summed E-state index contributed by atoms with van der Waals surface area (Å²) in [5, 5.41) is 0.791. The maximum absolute atomic E-state index is 11.2. The molecule has 1 aromatic heterocycles. The van der Waals surface area contributed by atoms with Crippen molar-refractivity contribution in [2.24, 2.45) is 0 Å². The molecule has 0 unspecified atom stereocenters. The second kappa shape index (κ2) is 3.10. The minimum Gasteiger partial charge on any atom is -0.322 e. The van der Waals surface area contributed by atoms with Gasteiger partial charge < -0.3 is 4.98 Å². The molecule has 0 atom stereocenters. The second-order valence-corrected chi connectivity index (χ2v) is 3.20. The monoisotopic (exact) mass is 187 g/mol. The third-order valence-electron chi connectivity index (χ3n) is 2.25. The molecule has 0 bridgehead atoms. The molecule has 1 aromatic carbocycles. The van der Waals surface area contributed by atoms with Crippen LogP contribution < -0.4 is 5.56 Å². The Hall–Kier alpha value is -1.90. The van der Waals surface area contributed by atoms with Crippen molar-refractivity contribution < 1.29 is 4.79 Å². The van der Waals surface area contributed by atoms with Crippen LogP contribution in [0.25, 0.3) is 10.9 Å². The maximum Gasteiger partial charge on any atom is 0.249 e. The number of para-hydroxylation sites is 1. The molecule has 0 saturated heterocycles. The predicted octanol–water partition coefficient (Wildman–Crippen LogP) is 1.65. The van der Waals surface area contributed by atoms with Crippen molar-refractivity contribution in [3.05, 3.63) is 45.7 Å². The quantitative estimate of drug-likeness (QED) is 0.690. The summed E-state index contributed by atoms with van der Waals surface area (Å²) in [5.74, 6) is 0. The summed E-state index contributed by atoms with van der Waals surface area (Å²) in [6.07, 6.45) is 0.705. The molecule has 3 heteroatoms. The minimum absolute atomic E-state index is 0.242. The van der Waals surface area contributed by atoms with Gasteiger partial charge in [0.15, 0.2) is 6.29 Å². The van der Waals surface area contributed by atoms with E-state index in [1.54, 1.807) is 0 Å². The van der Waals surface area contributed by atoms with Crippen molar-refractivity contribution in [3.63, 3.8) is 0 Å². The van der Waals surface area contributed by atoms with E-state index in [1.807, 2.05) is 25.1 Å². The predicted molar refractivity (Wildman–Crippen MR) is 54.7 cm³/mol. The lowest BCUT2D eigenvalue weighted by Gasteiger charge is -2.02. The maximum atomic E-state index is 11.2. The first-order valence-electron chi connectivity index (χ1n) is 4.30. The van der Waals surface area contributed by atoms with E-state index in [9.17, 15) is 9.59 Å². The molecule has 0 amide bonds. The summed E-state index contributed by atoms with van der Waals surface area (Å²) in [7, 11) is 0. The van der Waals surface area contributed by atoms with E-state index in [0.717, 1.165) is 16.5 Å². The number of hydrogen-bond acceptors (Lipinski definition) is 2. The minimum atomic E-state index is -0.242. The number of aromatic nitrogens is 1. The molecule has 2 rings (SSSR count). The Morgan fingerprint density at radius 2 is 2.14 bits per heavy atom. The SMILES string of the molecule is Cc1cccc2c(C=O)cc(=O)[nH]c12. The van der Waals surface area contributed by atoms with Gasteiger partial charge in [-0.05, 0) is 12.5 Å². The molecule has 0 fully saturated rings. The van der Waals surface area contributed by atoms with Crippen molar-refractivity contribution in [3.8, 4) is 0 Å². The number of nitrogens with one attached hydrogen (secondary N) is 1. The van der Waals surface area contributed by atoms with Gasteiger partial charge in [-0.15, -0.1) is 0 Å². The van der Waals surface area contributed by atoms with Crippen LogP contribution in [0.2, 0.25) is 0 Å². The molecule has 0 aliphatic rings. The van der Waals surface area contributed by atoms with Gasteiger partial charge in [0.1, 0.15) is 0 Å². The number of fused-ring (bicyclic) bond motifs is 1. The van der Waals surface area contributed by atoms with E-state index in [-0.39, 0.29) is 5.56 Å². The largest absolute Gasteiger partial charge is 0.322 e. The highest BCUT2D eigenvalue weighted by atomic mass is 16.1. The van der Waals surface area contributed by atoms with Crippen molar-refractivity contribution in [1.29, 1.82) is 0 Å². The second-order valence-electron chi connectivity index (χ2n) is 3.20. The number of H-pyrrole nitrogens is 1. The Morgan fingerprint density at radius 1 is 1.36 bits per heavy atom. The van der Waals surface area contributed by atoms with Crippen LogP contribution in [0.5, 0.6) is 0 Å². The Bertz CT molecular complexity index is 555. The molecule has 3 nitrogen and oxygen atoms in total. The number of benzene rings is 1. The van der Waals surface area contributed by atoms with Gasteiger partial charge in [0.05, 0.1) is 5.52 Å². The Balaban J connectivity index is 3.02. The highest BCUT2D eigenvalue weighted by Gasteiger charge is 2.03. The van der Waals surface area contributed by atoms with E-state index >= 15 is 0 Å². The van der Waals surface area contributed by atoms with Gasteiger partial charge in [-0.1, -0.05) is 18.2 Å². The van der Waals surface area contributed by atoms with Gasteiger partial charge in [-0.25, -0.2) is 0 Å². The summed E-state index contributed by atoms with van der Waals surface area (Å²) >= 11 is 0. The lowest BCUT2D eigenvalue weighted by Crippen LogP contribution is -2.06. The van der Waals surface area contributed by atoms with Crippen molar-refractivity contribution in [2.45, 2.75) is 6.92 Å². The number of aromatic amines is 1. The summed E-state index contributed by atoms with van der Waals surface area (Å²) in [6, 6.07) is 6.90. The van der Waals surface area contributed by atoms with E-state index in [0.29, 0.717) is 11.8 Å².